The standard InChI is InChI=1S/C19H18BrN3OS/c1-13-9-14(2)11-15(10-13)23-8-7-21-19(23)25-12-18(24)22-17-6-4-3-5-16(17)20/h3-11H,12H2,1-2H3,(H,22,24). The normalized spacial score (nSPS) is 10.7. The molecule has 1 N–H and O–H groups in total. The predicted molar refractivity (Wildman–Crippen MR) is 107 cm³/mol. The van der Waals surface area contributed by atoms with Gasteiger partial charge in [-0.25, -0.2) is 4.98 Å². The first-order chi connectivity index (χ1) is 12.0. The molecule has 0 aliphatic rings. The van der Waals surface area contributed by atoms with Crippen molar-refractivity contribution in [3.05, 3.63) is 70.5 Å². The number of para-hydroxylation sites is 1. The van der Waals surface area contributed by atoms with Crippen molar-refractivity contribution in [1.82, 2.24) is 9.55 Å². The van der Waals surface area contributed by atoms with Crippen molar-refractivity contribution in [2.24, 2.45) is 0 Å². The Balaban J connectivity index is 1.69. The molecule has 0 aliphatic carbocycles. The van der Waals surface area contributed by atoms with E-state index >= 15 is 0 Å². The van der Waals surface area contributed by atoms with Crippen LogP contribution >= 0.6 is 27.7 Å². The quantitative estimate of drug-likeness (QED) is 0.597. The second-order valence-corrected chi connectivity index (χ2v) is 7.54. The molecule has 0 spiro atoms. The molecular formula is C19H18BrN3OS. The highest BCUT2D eigenvalue weighted by Crippen LogP contribution is 2.24. The van der Waals surface area contributed by atoms with Crippen molar-refractivity contribution >= 4 is 39.3 Å². The number of aryl methyl sites for hydroxylation is 2. The van der Waals surface area contributed by atoms with Crippen LogP contribution < -0.4 is 5.32 Å². The van der Waals surface area contributed by atoms with Crippen molar-refractivity contribution in [2.45, 2.75) is 19.0 Å². The maximum atomic E-state index is 12.2. The molecule has 0 unspecified atom stereocenters. The summed E-state index contributed by atoms with van der Waals surface area (Å²) >= 11 is 4.85. The molecular weight excluding hydrogens is 398 g/mol. The Hall–Kier alpha value is -2.05. The van der Waals surface area contributed by atoms with Gasteiger partial charge in [0.05, 0.1) is 11.4 Å². The zero-order valence-corrected chi connectivity index (χ0v) is 16.4. The van der Waals surface area contributed by atoms with Gasteiger partial charge in [-0.2, -0.15) is 0 Å². The van der Waals surface area contributed by atoms with E-state index in [1.165, 1.54) is 22.9 Å². The molecule has 2 aromatic carbocycles. The number of imidazole rings is 1. The summed E-state index contributed by atoms with van der Waals surface area (Å²) in [5.41, 5.74) is 4.23. The van der Waals surface area contributed by atoms with Crippen LogP contribution in [0.1, 0.15) is 11.1 Å². The Kier molecular flexibility index (Phi) is 5.60. The highest BCUT2D eigenvalue weighted by molar-refractivity contribution is 9.10. The van der Waals surface area contributed by atoms with Crippen LogP contribution in [0.4, 0.5) is 5.69 Å². The predicted octanol–water partition coefficient (Wildman–Crippen LogP) is 4.98. The van der Waals surface area contributed by atoms with Crippen LogP contribution in [0.25, 0.3) is 5.69 Å². The lowest BCUT2D eigenvalue weighted by Crippen LogP contribution is -2.14. The third-order valence-corrected chi connectivity index (χ3v) is 5.23. The van der Waals surface area contributed by atoms with E-state index in [0.717, 1.165) is 21.0 Å². The van der Waals surface area contributed by atoms with Gasteiger partial charge >= 0.3 is 0 Å². The van der Waals surface area contributed by atoms with Crippen molar-refractivity contribution in [3.8, 4) is 5.69 Å². The van der Waals surface area contributed by atoms with E-state index in [9.17, 15) is 4.79 Å². The van der Waals surface area contributed by atoms with E-state index in [1.54, 1.807) is 6.20 Å². The molecule has 128 valence electrons. The molecule has 0 radical (unpaired) electrons. The number of aromatic nitrogens is 2. The summed E-state index contributed by atoms with van der Waals surface area (Å²) in [7, 11) is 0. The summed E-state index contributed by atoms with van der Waals surface area (Å²) in [6, 6.07) is 13.9. The molecule has 0 aliphatic heterocycles. The fourth-order valence-corrected chi connectivity index (χ4v) is 3.72. The maximum absolute atomic E-state index is 12.2. The Morgan fingerprint density at radius 2 is 1.92 bits per heavy atom. The summed E-state index contributed by atoms with van der Waals surface area (Å²) in [5.74, 6) is 0.232. The molecule has 1 amide bonds. The van der Waals surface area contributed by atoms with Gasteiger partial charge in [0.1, 0.15) is 0 Å². The Morgan fingerprint density at radius 3 is 2.64 bits per heavy atom. The summed E-state index contributed by atoms with van der Waals surface area (Å²) in [5, 5.41) is 3.70. The van der Waals surface area contributed by atoms with Gasteiger partial charge in [-0.05, 0) is 65.2 Å². The zero-order chi connectivity index (χ0) is 17.8. The van der Waals surface area contributed by atoms with Crippen molar-refractivity contribution < 1.29 is 4.79 Å². The SMILES string of the molecule is Cc1cc(C)cc(-n2ccnc2SCC(=O)Nc2ccccc2Br)c1. The lowest BCUT2D eigenvalue weighted by molar-refractivity contribution is -0.113. The summed E-state index contributed by atoms with van der Waals surface area (Å²) in [6.45, 7) is 4.15. The molecule has 0 atom stereocenters. The summed E-state index contributed by atoms with van der Waals surface area (Å²) in [4.78, 5) is 16.6. The van der Waals surface area contributed by atoms with Crippen LogP contribution in [0.3, 0.4) is 0 Å². The number of halogens is 1. The number of hydrogen-bond donors (Lipinski definition) is 1. The van der Waals surface area contributed by atoms with Crippen molar-refractivity contribution in [1.29, 1.82) is 0 Å². The van der Waals surface area contributed by atoms with Crippen molar-refractivity contribution in [2.75, 3.05) is 11.1 Å². The second-order valence-electron chi connectivity index (χ2n) is 5.74. The van der Waals surface area contributed by atoms with Crippen LogP contribution in [0, 0.1) is 13.8 Å². The van der Waals surface area contributed by atoms with E-state index in [4.69, 9.17) is 0 Å². The number of hydrogen-bond acceptors (Lipinski definition) is 3. The molecule has 0 saturated carbocycles. The van der Waals surface area contributed by atoms with Crippen LogP contribution in [0.2, 0.25) is 0 Å². The van der Waals surface area contributed by atoms with Crippen molar-refractivity contribution in [3.63, 3.8) is 0 Å². The highest BCUT2D eigenvalue weighted by Gasteiger charge is 2.11. The number of rotatable bonds is 5. The van der Waals surface area contributed by atoms with Crippen LogP contribution in [0.5, 0.6) is 0 Å². The van der Waals surface area contributed by atoms with Gasteiger partial charge < -0.3 is 5.32 Å². The molecule has 6 heteroatoms. The van der Waals surface area contributed by atoms with Gasteiger partial charge in [0.15, 0.2) is 5.16 Å². The minimum atomic E-state index is -0.0631. The Morgan fingerprint density at radius 1 is 1.20 bits per heavy atom. The smallest absolute Gasteiger partial charge is 0.234 e. The first kappa shape index (κ1) is 17.8. The van der Waals surface area contributed by atoms with E-state index in [-0.39, 0.29) is 5.91 Å². The second kappa shape index (κ2) is 7.89. The van der Waals surface area contributed by atoms with E-state index in [2.05, 4.69) is 58.3 Å². The zero-order valence-electron chi connectivity index (χ0n) is 14.0. The maximum Gasteiger partial charge on any atom is 0.234 e. The van der Waals surface area contributed by atoms with Gasteiger partial charge in [0.2, 0.25) is 5.91 Å². The minimum absolute atomic E-state index is 0.0631. The molecule has 25 heavy (non-hydrogen) atoms. The molecule has 3 rings (SSSR count). The molecule has 0 bridgehead atoms. The van der Waals surface area contributed by atoms with E-state index < -0.39 is 0 Å². The molecule has 0 saturated heterocycles. The number of nitrogens with zero attached hydrogens (tertiary/aromatic N) is 2. The van der Waals surface area contributed by atoms with Crippen LogP contribution in [-0.2, 0) is 4.79 Å². The van der Waals surface area contributed by atoms with Crippen LogP contribution in [-0.4, -0.2) is 21.2 Å². The number of thioether (sulfide) groups is 1. The molecule has 1 heterocycles. The highest BCUT2D eigenvalue weighted by atomic mass is 79.9. The minimum Gasteiger partial charge on any atom is -0.324 e. The topological polar surface area (TPSA) is 46.9 Å². The summed E-state index contributed by atoms with van der Waals surface area (Å²) < 4.78 is 2.88. The fraction of sp³-hybridized carbons (Fsp3) is 0.158. The molecule has 1 aromatic heterocycles. The first-order valence-corrected chi connectivity index (χ1v) is 9.60. The van der Waals surface area contributed by atoms with Gasteiger partial charge in [0, 0.05) is 22.6 Å². The van der Waals surface area contributed by atoms with Gasteiger partial charge in [-0.1, -0.05) is 30.0 Å². The Bertz CT molecular complexity index is 887. The Labute approximate surface area is 159 Å². The average Bonchev–Trinajstić information content (AvgIpc) is 3.03. The largest absolute Gasteiger partial charge is 0.324 e. The number of benzene rings is 2. The van der Waals surface area contributed by atoms with Gasteiger partial charge in [0.25, 0.3) is 0 Å². The first-order valence-electron chi connectivity index (χ1n) is 7.82. The lowest BCUT2D eigenvalue weighted by Gasteiger charge is -2.10. The number of anilines is 1. The average molecular weight is 416 g/mol. The third kappa shape index (κ3) is 4.52. The number of carbonyl (C=O) groups is 1. The van der Waals surface area contributed by atoms with Gasteiger partial charge in [-0.15, -0.1) is 0 Å². The molecule has 0 fully saturated rings. The number of carbonyl (C=O) groups excluding carboxylic acids is 1. The fourth-order valence-electron chi connectivity index (χ4n) is 2.56. The number of amides is 1. The monoisotopic (exact) mass is 415 g/mol. The van der Waals surface area contributed by atoms with E-state index in [1.807, 2.05) is 35.0 Å². The van der Waals surface area contributed by atoms with Crippen LogP contribution in [0.15, 0.2) is 64.5 Å². The lowest BCUT2D eigenvalue weighted by atomic mass is 10.1. The number of nitrogens with one attached hydrogen (secondary N) is 1. The summed E-state index contributed by atoms with van der Waals surface area (Å²) in [6.07, 6.45) is 3.67. The molecule has 4 nitrogen and oxygen atoms in total. The van der Waals surface area contributed by atoms with E-state index in [0.29, 0.717) is 5.75 Å². The third-order valence-electron chi connectivity index (χ3n) is 3.57. The van der Waals surface area contributed by atoms with Gasteiger partial charge in [-0.3, -0.25) is 9.36 Å². The molecule has 3 aromatic rings.